The first kappa shape index (κ1) is 66.0. The monoisotopic (exact) mass is 1230 g/mol. The number of benzene rings is 6. The Morgan fingerprint density at radius 3 is 0.793 bits per heavy atom. The van der Waals surface area contributed by atoms with Gasteiger partial charge in [0, 0.05) is 10.8 Å². The molecule has 82 heavy (non-hydrogen) atoms. The van der Waals surface area contributed by atoms with Gasteiger partial charge in [-0.25, -0.2) is 9.59 Å². The molecule has 0 N–H and O–H groups in total. The molecule has 8 aliphatic carbocycles. The molecule has 6 aromatic rings. The van der Waals surface area contributed by atoms with Crippen LogP contribution in [0.3, 0.4) is 0 Å². The summed E-state index contributed by atoms with van der Waals surface area (Å²) in [5.74, 6) is 0.567. The topological polar surface area (TPSA) is 136 Å². The molecule has 20 heteroatoms. The van der Waals surface area contributed by atoms with E-state index in [1.54, 1.807) is 0 Å². The quantitative estimate of drug-likeness (QED) is 0.0157. The van der Waals surface area contributed by atoms with E-state index in [1.165, 1.54) is 67.9 Å². The number of halogens is 5. The van der Waals surface area contributed by atoms with Gasteiger partial charge in [0.2, 0.25) is 0 Å². The predicted molar refractivity (Wildman–Crippen MR) is 296 cm³/mol. The molecule has 0 radical (unpaired) electrons. The molecule has 0 aliphatic heterocycles. The molecule has 0 amide bonds. The van der Waals surface area contributed by atoms with Crippen LogP contribution < -0.4 is 52.5 Å². The number of carbonyl (C=O) groups excluding carboxylic acids is 2. The van der Waals surface area contributed by atoms with Gasteiger partial charge in [-0.1, -0.05) is 109 Å². The molecule has 0 saturated heterocycles. The fourth-order valence-electron chi connectivity index (χ4n) is 13.9. The molecule has 14 rings (SSSR count). The third-order valence-corrected chi connectivity index (χ3v) is 21.5. The summed E-state index contributed by atoms with van der Waals surface area (Å²) in [5, 5.41) is 16.9. The zero-order valence-corrected chi connectivity index (χ0v) is 51.3. The molecule has 0 heterocycles. The number of esters is 2. The zero-order chi connectivity index (χ0) is 56.0. The first-order chi connectivity index (χ1) is 38.7. The molecular weight excluding hydrogens is 1170 g/mol. The molecule has 0 spiro atoms. The third kappa shape index (κ3) is 17.8. The average Bonchev–Trinajstić information content (AvgIpc) is 3.58. The van der Waals surface area contributed by atoms with E-state index in [0.29, 0.717) is 35.5 Å². The van der Waals surface area contributed by atoms with E-state index in [2.05, 4.69) is 201 Å². The van der Waals surface area contributed by atoms with Gasteiger partial charge in [-0.2, -0.15) is 26.2 Å². The average molecular weight is 1230 g/mol. The smallest absolute Gasteiger partial charge is 1.00 e. The van der Waals surface area contributed by atoms with Crippen molar-refractivity contribution in [1.29, 1.82) is 0 Å². The number of ether oxygens (including phenoxy) is 2. The van der Waals surface area contributed by atoms with Crippen LogP contribution in [0.25, 0.3) is 0 Å². The fraction of sp³-hybridized carbons (Fsp3) is 0.387. The van der Waals surface area contributed by atoms with Gasteiger partial charge in [0.25, 0.3) is 0 Å². The Morgan fingerprint density at radius 2 is 0.610 bits per heavy atom. The summed E-state index contributed by atoms with van der Waals surface area (Å²) in [6, 6.07) is 64.3. The molecule has 0 atom stereocenters. The molecule has 0 aromatic heterocycles. The summed E-state index contributed by atoms with van der Waals surface area (Å²) in [6.07, 6.45) is 13.2. The van der Waals surface area contributed by atoms with Crippen LogP contribution >= 0.6 is 24.1 Å². The van der Waals surface area contributed by atoms with E-state index in [0.717, 1.165) is 38.5 Å². The summed E-state index contributed by atoms with van der Waals surface area (Å²) < 4.78 is 70.0. The van der Waals surface area contributed by atoms with Crippen molar-refractivity contribution < 1.29 is 108 Å². The molecule has 10 nitrogen and oxygen atoms in total. The number of hydrogen-bond donors (Lipinski definition) is 0. The predicted octanol–water partition coefficient (Wildman–Crippen LogP) is 7.99. The maximum Gasteiger partial charge on any atom is 1.00 e. The summed E-state index contributed by atoms with van der Waals surface area (Å²) in [5.41, 5.74) is -0.248. The molecule has 8 fully saturated rings. The number of carbonyl (C=O) groups is 2. The number of hydrogen-bond acceptors (Lipinski definition) is 12. The van der Waals surface area contributed by atoms with Gasteiger partial charge in [0.05, 0.1) is 35.0 Å². The van der Waals surface area contributed by atoms with Crippen molar-refractivity contribution >= 4 is 57.8 Å². The minimum absolute atomic E-state index is 0. The summed E-state index contributed by atoms with van der Waals surface area (Å²) >= 11 is -1.28. The Hall–Kier alpha value is -3.57. The van der Waals surface area contributed by atoms with E-state index in [4.69, 9.17) is 9.47 Å². The van der Waals surface area contributed by atoms with Crippen molar-refractivity contribution in [1.82, 2.24) is 0 Å². The molecular formula is C62H64ClF4NaO10S4. The molecule has 8 bridgehead atoms. The normalized spacial score (nSPS) is 24.2. The Morgan fingerprint density at radius 1 is 0.415 bits per heavy atom. The van der Waals surface area contributed by atoms with Crippen molar-refractivity contribution in [2.24, 2.45) is 46.3 Å². The largest absolute Gasteiger partial charge is 1.00 e. The standard InChI is InChI=1S/2C18H15S.2C13H18F2O5S.ClH.Na/c2*1-4-10-16(11-5-1)19(17-12-6-2-7-13-17)18-14-8-3-9-15-18;2*14-13(15,21-20-19-17)11(16)18-7-12-4-8-1-9(5-12)3-10(2-8)6-12;;/h2*1-15H;2*8-10,17H,1-7H2;1H;/q2*+1;;;;+1/p-3. The van der Waals surface area contributed by atoms with Crippen LogP contribution in [0.15, 0.2) is 211 Å². The molecule has 0 unspecified atom stereocenters. The third-order valence-electron chi connectivity index (χ3n) is 16.0. The van der Waals surface area contributed by atoms with Crippen molar-refractivity contribution in [3.05, 3.63) is 182 Å². The van der Waals surface area contributed by atoms with Gasteiger partial charge in [0.15, 0.2) is 29.4 Å². The van der Waals surface area contributed by atoms with E-state index < -0.39 is 46.5 Å². The first-order valence-corrected chi connectivity index (χ1v) is 30.9. The van der Waals surface area contributed by atoms with E-state index in [-0.39, 0.29) is 87.8 Å². The van der Waals surface area contributed by atoms with Crippen LogP contribution in [0.4, 0.5) is 17.6 Å². The van der Waals surface area contributed by atoms with Gasteiger partial charge in [-0.3, -0.25) is 10.1 Å². The van der Waals surface area contributed by atoms with Gasteiger partial charge in [0.1, 0.15) is 24.1 Å². The van der Waals surface area contributed by atoms with E-state index in [9.17, 15) is 37.7 Å². The van der Waals surface area contributed by atoms with Crippen LogP contribution in [0.2, 0.25) is 0 Å². The van der Waals surface area contributed by atoms with Crippen molar-refractivity contribution in [3.8, 4) is 0 Å². The Bertz CT molecular complexity index is 2410. The van der Waals surface area contributed by atoms with Crippen LogP contribution in [-0.4, -0.2) is 35.7 Å². The second-order valence-corrected chi connectivity index (χ2v) is 27.6. The SMILES string of the molecule is O=C(OCC12CC3CC(CC(C3)C1)C2)C(F)(F)SOO[O-].O=C(OCC12CC3CC(CC(C3)C1)C2)C(F)(F)SOO[O-].[Cl-].[Na+].c1ccc([S+](c2ccccc2)c2ccccc2)cc1.c1ccc([S+](c2ccccc2)c2ccccc2)cc1. The van der Waals surface area contributed by atoms with Gasteiger partial charge in [-0.15, -0.1) is 0 Å². The Balaban J connectivity index is 0.000000156. The number of rotatable bonds is 18. The molecule has 8 saturated carbocycles. The minimum Gasteiger partial charge on any atom is -1.00 e. The minimum atomic E-state index is -3.94. The van der Waals surface area contributed by atoms with E-state index >= 15 is 0 Å². The van der Waals surface area contributed by atoms with Crippen LogP contribution in [0, 0.1) is 46.3 Å². The molecule has 8 aliphatic rings. The van der Waals surface area contributed by atoms with Gasteiger partial charge >= 0.3 is 52.0 Å². The summed E-state index contributed by atoms with van der Waals surface area (Å²) in [4.78, 5) is 31.0. The Labute approximate surface area is 520 Å². The van der Waals surface area contributed by atoms with Crippen molar-refractivity contribution in [2.45, 2.75) is 117 Å². The maximum absolute atomic E-state index is 13.3. The summed E-state index contributed by atoms with van der Waals surface area (Å²) in [7, 11) is -0.0293. The molecule has 6 aromatic carbocycles. The Kier molecular flexibility index (Phi) is 25.1. The second-order valence-electron chi connectivity index (χ2n) is 22.0. The van der Waals surface area contributed by atoms with Crippen molar-refractivity contribution in [2.75, 3.05) is 13.2 Å². The van der Waals surface area contributed by atoms with E-state index in [1.807, 2.05) is 0 Å². The summed E-state index contributed by atoms with van der Waals surface area (Å²) in [6.45, 7) is 0.0629. The zero-order valence-electron chi connectivity index (χ0n) is 45.3. The van der Waals surface area contributed by atoms with Crippen LogP contribution in [0.1, 0.15) is 77.0 Å². The first-order valence-electron chi connectivity index (χ1n) is 26.9. The number of alkyl halides is 4. The van der Waals surface area contributed by atoms with Crippen LogP contribution in [-0.2, 0) is 59.6 Å². The van der Waals surface area contributed by atoms with Crippen LogP contribution in [0.5, 0.6) is 0 Å². The van der Waals surface area contributed by atoms with Gasteiger partial charge in [-0.05, 0) is 185 Å². The fourth-order valence-corrected chi connectivity index (χ4v) is 18.6. The van der Waals surface area contributed by atoms with Gasteiger partial charge < -0.3 is 32.4 Å². The maximum atomic E-state index is 13.3. The van der Waals surface area contributed by atoms with Crippen molar-refractivity contribution in [3.63, 3.8) is 0 Å². The molecule has 432 valence electrons. The second kappa shape index (κ2) is 31.2.